The molecule has 2 nitrogen and oxygen atoms in total. The summed E-state index contributed by atoms with van der Waals surface area (Å²) in [7, 11) is 0. The molecule has 3 heteroatoms. The highest BCUT2D eigenvalue weighted by Gasteiger charge is 2.13. The molecule has 12 heavy (non-hydrogen) atoms. The van der Waals surface area contributed by atoms with E-state index in [4.69, 9.17) is 0 Å². The Hall–Kier alpha value is -0.540. The zero-order valence-electron chi connectivity index (χ0n) is 6.86. The minimum absolute atomic E-state index is 0.534. The van der Waals surface area contributed by atoms with Crippen LogP contribution in [0.2, 0.25) is 0 Å². The third kappa shape index (κ3) is 1.79. The van der Waals surface area contributed by atoms with Crippen LogP contribution >= 0.6 is 11.8 Å². The van der Waals surface area contributed by atoms with Gasteiger partial charge in [-0.05, 0) is 17.7 Å². The van der Waals surface area contributed by atoms with E-state index in [2.05, 4.69) is 22.4 Å². The normalized spacial score (nSPS) is 23.8. The maximum Gasteiger partial charge on any atom is 0.0413 e. The van der Waals surface area contributed by atoms with E-state index in [0.29, 0.717) is 6.04 Å². The molecule has 1 aromatic rings. The number of thioether (sulfide) groups is 1. The number of rotatable bonds is 1. The second-order valence-corrected chi connectivity index (χ2v) is 4.01. The highest BCUT2D eigenvalue weighted by Crippen LogP contribution is 2.20. The van der Waals surface area contributed by atoms with Gasteiger partial charge < -0.3 is 5.32 Å². The average Bonchev–Trinajstić information content (AvgIpc) is 2.21. The second kappa shape index (κ2) is 3.92. The summed E-state index contributed by atoms with van der Waals surface area (Å²) in [6.45, 7) is 1.12. The first-order chi connectivity index (χ1) is 5.97. The summed E-state index contributed by atoms with van der Waals surface area (Å²) in [5.74, 6) is 2.42. The van der Waals surface area contributed by atoms with Gasteiger partial charge >= 0.3 is 0 Å². The van der Waals surface area contributed by atoms with Crippen LogP contribution in [0.1, 0.15) is 11.6 Å². The Labute approximate surface area is 76.8 Å². The van der Waals surface area contributed by atoms with E-state index < -0.39 is 0 Å². The molecule has 1 aliphatic heterocycles. The predicted molar refractivity (Wildman–Crippen MR) is 52.3 cm³/mol. The van der Waals surface area contributed by atoms with Gasteiger partial charge in [-0.15, -0.1) is 0 Å². The smallest absolute Gasteiger partial charge is 0.0413 e. The first-order valence-electron chi connectivity index (χ1n) is 4.18. The molecule has 0 unspecified atom stereocenters. The van der Waals surface area contributed by atoms with Crippen LogP contribution in [0.25, 0.3) is 0 Å². The number of pyridine rings is 1. The number of aromatic nitrogens is 1. The zero-order valence-corrected chi connectivity index (χ0v) is 7.68. The van der Waals surface area contributed by atoms with E-state index in [1.165, 1.54) is 17.1 Å². The molecule has 0 bridgehead atoms. The minimum atomic E-state index is 0.534. The molecule has 0 aromatic carbocycles. The van der Waals surface area contributed by atoms with Gasteiger partial charge in [0.05, 0.1) is 0 Å². The van der Waals surface area contributed by atoms with Crippen LogP contribution in [0.3, 0.4) is 0 Å². The van der Waals surface area contributed by atoms with Gasteiger partial charge in [-0.1, -0.05) is 0 Å². The van der Waals surface area contributed by atoms with Crippen LogP contribution in [-0.2, 0) is 0 Å². The summed E-state index contributed by atoms with van der Waals surface area (Å²) in [4.78, 5) is 4.01. The van der Waals surface area contributed by atoms with Gasteiger partial charge in [0, 0.05) is 36.5 Å². The number of nitrogens with zero attached hydrogens (tertiary/aromatic N) is 1. The molecule has 1 aromatic heterocycles. The summed E-state index contributed by atoms with van der Waals surface area (Å²) in [6, 6.07) is 4.71. The number of hydrogen-bond donors (Lipinski definition) is 1. The number of nitrogens with one attached hydrogen (secondary N) is 1. The van der Waals surface area contributed by atoms with Crippen molar-refractivity contribution < 1.29 is 0 Å². The Morgan fingerprint density at radius 1 is 1.42 bits per heavy atom. The van der Waals surface area contributed by atoms with Crippen molar-refractivity contribution in [3.05, 3.63) is 30.1 Å². The van der Waals surface area contributed by atoms with Crippen LogP contribution in [0.5, 0.6) is 0 Å². The fourth-order valence-corrected chi connectivity index (χ4v) is 2.35. The van der Waals surface area contributed by atoms with E-state index in [1.54, 1.807) is 0 Å². The molecule has 2 rings (SSSR count). The van der Waals surface area contributed by atoms with Crippen molar-refractivity contribution in [2.45, 2.75) is 6.04 Å². The predicted octanol–water partition coefficient (Wildman–Crippen LogP) is 1.46. The van der Waals surface area contributed by atoms with Gasteiger partial charge in [0.1, 0.15) is 0 Å². The van der Waals surface area contributed by atoms with E-state index in [1.807, 2.05) is 24.2 Å². The molecular weight excluding hydrogens is 168 g/mol. The van der Waals surface area contributed by atoms with Gasteiger partial charge in [0.2, 0.25) is 0 Å². The Morgan fingerprint density at radius 3 is 2.92 bits per heavy atom. The van der Waals surface area contributed by atoms with Crippen LogP contribution in [0.4, 0.5) is 0 Å². The third-order valence-electron chi connectivity index (χ3n) is 2.03. The van der Waals surface area contributed by atoms with Gasteiger partial charge in [0.25, 0.3) is 0 Å². The first-order valence-corrected chi connectivity index (χ1v) is 5.33. The molecule has 0 saturated carbocycles. The molecule has 0 aliphatic carbocycles. The standard InChI is InChI=1S/C9H12N2S/c1-3-10-4-2-8(1)9-7-12-6-5-11-9/h1-4,9,11H,5-7H2/t9-/m0/s1. The van der Waals surface area contributed by atoms with Crippen LogP contribution in [0.15, 0.2) is 24.5 Å². The summed E-state index contributed by atoms with van der Waals surface area (Å²) in [5, 5.41) is 3.49. The van der Waals surface area contributed by atoms with Gasteiger partial charge in [0.15, 0.2) is 0 Å². The molecule has 2 heterocycles. The van der Waals surface area contributed by atoms with Crippen LogP contribution in [-0.4, -0.2) is 23.0 Å². The lowest BCUT2D eigenvalue weighted by Crippen LogP contribution is -2.30. The van der Waals surface area contributed by atoms with Crippen molar-refractivity contribution in [2.24, 2.45) is 0 Å². The van der Waals surface area contributed by atoms with Crippen molar-refractivity contribution in [1.29, 1.82) is 0 Å². The maximum atomic E-state index is 4.01. The summed E-state index contributed by atoms with van der Waals surface area (Å²) < 4.78 is 0. The zero-order chi connectivity index (χ0) is 8.23. The second-order valence-electron chi connectivity index (χ2n) is 2.86. The Balaban J connectivity index is 2.08. The molecule has 64 valence electrons. The molecule has 1 aliphatic rings. The molecule has 1 atom stereocenters. The SMILES string of the molecule is c1cc([C@@H]2CSCCN2)ccn1. The van der Waals surface area contributed by atoms with Crippen LogP contribution in [0, 0.1) is 0 Å². The quantitative estimate of drug-likeness (QED) is 0.708. The molecule has 1 N–H and O–H groups in total. The van der Waals surface area contributed by atoms with Crippen molar-refractivity contribution in [1.82, 2.24) is 10.3 Å². The fraction of sp³-hybridized carbons (Fsp3) is 0.444. The summed E-state index contributed by atoms with van der Waals surface area (Å²) >= 11 is 2.01. The molecule has 1 saturated heterocycles. The average molecular weight is 180 g/mol. The van der Waals surface area contributed by atoms with E-state index in [9.17, 15) is 0 Å². The van der Waals surface area contributed by atoms with Gasteiger partial charge in [-0.3, -0.25) is 4.98 Å². The Morgan fingerprint density at radius 2 is 2.25 bits per heavy atom. The molecule has 0 spiro atoms. The summed E-state index contributed by atoms with van der Waals surface area (Å²) in [5.41, 5.74) is 1.36. The molecule has 0 amide bonds. The fourth-order valence-electron chi connectivity index (χ4n) is 1.38. The topological polar surface area (TPSA) is 24.9 Å². The highest BCUT2D eigenvalue weighted by atomic mass is 32.2. The highest BCUT2D eigenvalue weighted by molar-refractivity contribution is 7.99. The molecule has 1 fully saturated rings. The van der Waals surface area contributed by atoms with Crippen molar-refractivity contribution in [3.8, 4) is 0 Å². The van der Waals surface area contributed by atoms with Gasteiger partial charge in [-0.2, -0.15) is 11.8 Å². The molecule has 0 radical (unpaired) electrons. The third-order valence-corrected chi connectivity index (χ3v) is 3.09. The Bertz CT molecular complexity index is 232. The van der Waals surface area contributed by atoms with Crippen molar-refractivity contribution in [3.63, 3.8) is 0 Å². The number of hydrogen-bond acceptors (Lipinski definition) is 3. The van der Waals surface area contributed by atoms with E-state index in [-0.39, 0.29) is 0 Å². The Kier molecular flexibility index (Phi) is 2.64. The van der Waals surface area contributed by atoms with Gasteiger partial charge in [-0.25, -0.2) is 0 Å². The monoisotopic (exact) mass is 180 g/mol. The maximum absolute atomic E-state index is 4.01. The van der Waals surface area contributed by atoms with E-state index >= 15 is 0 Å². The van der Waals surface area contributed by atoms with Crippen molar-refractivity contribution in [2.75, 3.05) is 18.1 Å². The largest absolute Gasteiger partial charge is 0.308 e. The molecular formula is C9H12N2S. The lowest BCUT2D eigenvalue weighted by Gasteiger charge is -2.23. The van der Waals surface area contributed by atoms with Crippen molar-refractivity contribution >= 4 is 11.8 Å². The van der Waals surface area contributed by atoms with E-state index in [0.717, 1.165) is 6.54 Å². The summed E-state index contributed by atoms with van der Waals surface area (Å²) in [6.07, 6.45) is 3.71. The first kappa shape index (κ1) is 8.08. The lowest BCUT2D eigenvalue weighted by atomic mass is 10.1. The lowest BCUT2D eigenvalue weighted by molar-refractivity contribution is 0.594. The van der Waals surface area contributed by atoms with Crippen LogP contribution < -0.4 is 5.32 Å². The minimum Gasteiger partial charge on any atom is -0.308 e.